The lowest BCUT2D eigenvalue weighted by Crippen LogP contribution is -2.38. The largest absolute Gasteiger partial charge is 0.379 e. The number of aryl methyl sites for hydroxylation is 1. The van der Waals surface area contributed by atoms with Crippen molar-refractivity contribution in [3.63, 3.8) is 0 Å². The van der Waals surface area contributed by atoms with Gasteiger partial charge in [0.05, 0.1) is 12.7 Å². The van der Waals surface area contributed by atoms with Crippen molar-refractivity contribution in [1.82, 2.24) is 15.2 Å². The predicted octanol–water partition coefficient (Wildman–Crippen LogP) is 2.00. The molecule has 7 nitrogen and oxygen atoms in total. The Hall–Kier alpha value is -1.13. The first-order chi connectivity index (χ1) is 12.8. The van der Waals surface area contributed by atoms with E-state index < -0.39 is 0 Å². The van der Waals surface area contributed by atoms with Gasteiger partial charge in [0, 0.05) is 51.7 Å². The van der Waals surface area contributed by atoms with Crippen molar-refractivity contribution in [1.29, 1.82) is 0 Å². The van der Waals surface area contributed by atoms with E-state index in [0.717, 1.165) is 77.6 Å². The maximum atomic E-state index is 11.6. The molecule has 0 bridgehead atoms. The Kier molecular flexibility index (Phi) is 13.2. The topological polar surface area (TPSA) is 76.9 Å². The van der Waals surface area contributed by atoms with Gasteiger partial charge in [0.2, 0.25) is 5.56 Å². The second-order valence-corrected chi connectivity index (χ2v) is 6.34. The van der Waals surface area contributed by atoms with Gasteiger partial charge in [-0.1, -0.05) is 6.07 Å². The highest BCUT2D eigenvalue weighted by Gasteiger charge is 2.15. The Morgan fingerprint density at radius 2 is 2.22 bits per heavy atom. The number of unbranched alkanes of at least 4 members (excludes halogenated alkanes) is 1. The van der Waals surface area contributed by atoms with Crippen molar-refractivity contribution in [2.75, 3.05) is 39.5 Å². The van der Waals surface area contributed by atoms with Gasteiger partial charge in [-0.2, -0.15) is 0 Å². The molecule has 27 heavy (non-hydrogen) atoms. The van der Waals surface area contributed by atoms with Gasteiger partial charge in [0.15, 0.2) is 5.96 Å². The van der Waals surface area contributed by atoms with Crippen LogP contribution in [-0.4, -0.2) is 56.1 Å². The third-order valence-electron chi connectivity index (χ3n) is 4.18. The van der Waals surface area contributed by atoms with Crippen LogP contribution < -0.4 is 16.2 Å². The highest BCUT2D eigenvalue weighted by Crippen LogP contribution is 2.08. The molecule has 1 aliphatic rings. The van der Waals surface area contributed by atoms with Crippen LogP contribution in [0.1, 0.15) is 32.6 Å². The average molecular weight is 492 g/mol. The molecule has 1 saturated heterocycles. The number of rotatable bonds is 11. The Bertz CT molecular complexity index is 588. The molecule has 2 N–H and O–H groups in total. The number of hydrogen-bond donors (Lipinski definition) is 2. The summed E-state index contributed by atoms with van der Waals surface area (Å²) in [5.74, 6) is 0.841. The molecule has 0 saturated carbocycles. The normalized spacial score (nSPS) is 16.8. The molecule has 1 atom stereocenters. The Morgan fingerprint density at radius 3 is 2.96 bits per heavy atom. The summed E-state index contributed by atoms with van der Waals surface area (Å²) in [6.45, 7) is 7.48. The SMILES string of the molecule is CCNC(=NCCCOC1CCOC1)NCCCCn1ccccc1=O.I. The lowest BCUT2D eigenvalue weighted by molar-refractivity contribution is 0.0424. The molecule has 8 heteroatoms. The predicted molar refractivity (Wildman–Crippen MR) is 119 cm³/mol. The number of nitrogens with one attached hydrogen (secondary N) is 2. The summed E-state index contributed by atoms with van der Waals surface area (Å²) in [6, 6.07) is 5.25. The van der Waals surface area contributed by atoms with Crippen molar-refractivity contribution >= 4 is 29.9 Å². The van der Waals surface area contributed by atoms with Crippen LogP contribution >= 0.6 is 24.0 Å². The molecule has 1 fully saturated rings. The van der Waals surface area contributed by atoms with Crippen molar-refractivity contribution < 1.29 is 9.47 Å². The maximum Gasteiger partial charge on any atom is 0.250 e. The van der Waals surface area contributed by atoms with Crippen LogP contribution in [-0.2, 0) is 16.0 Å². The smallest absolute Gasteiger partial charge is 0.250 e. The summed E-state index contributed by atoms with van der Waals surface area (Å²) in [4.78, 5) is 16.2. The van der Waals surface area contributed by atoms with E-state index in [9.17, 15) is 4.79 Å². The molecule has 0 radical (unpaired) electrons. The van der Waals surface area contributed by atoms with E-state index in [-0.39, 0.29) is 35.6 Å². The summed E-state index contributed by atoms with van der Waals surface area (Å²) >= 11 is 0. The van der Waals surface area contributed by atoms with E-state index in [1.807, 2.05) is 12.3 Å². The number of halogens is 1. The van der Waals surface area contributed by atoms with Gasteiger partial charge in [0.25, 0.3) is 0 Å². The van der Waals surface area contributed by atoms with Gasteiger partial charge in [-0.3, -0.25) is 9.79 Å². The first-order valence-corrected chi connectivity index (χ1v) is 9.66. The van der Waals surface area contributed by atoms with E-state index in [1.54, 1.807) is 16.7 Å². The van der Waals surface area contributed by atoms with Gasteiger partial charge in [-0.25, -0.2) is 0 Å². The third-order valence-corrected chi connectivity index (χ3v) is 4.18. The summed E-state index contributed by atoms with van der Waals surface area (Å²) in [7, 11) is 0. The second kappa shape index (κ2) is 14.9. The monoisotopic (exact) mass is 492 g/mol. The van der Waals surface area contributed by atoms with E-state index in [0.29, 0.717) is 0 Å². The van der Waals surface area contributed by atoms with Crippen LogP contribution in [0, 0.1) is 0 Å². The van der Waals surface area contributed by atoms with Crippen LogP contribution in [0.4, 0.5) is 0 Å². The van der Waals surface area contributed by atoms with Gasteiger partial charge < -0.3 is 24.7 Å². The van der Waals surface area contributed by atoms with E-state index in [1.165, 1.54) is 0 Å². The number of ether oxygens (including phenoxy) is 2. The Morgan fingerprint density at radius 1 is 1.33 bits per heavy atom. The molecule has 2 heterocycles. The van der Waals surface area contributed by atoms with Gasteiger partial charge in [-0.15, -0.1) is 24.0 Å². The van der Waals surface area contributed by atoms with Crippen molar-refractivity contribution in [3.05, 3.63) is 34.7 Å². The van der Waals surface area contributed by atoms with Crippen molar-refractivity contribution in [2.45, 2.75) is 45.3 Å². The fourth-order valence-electron chi connectivity index (χ4n) is 2.75. The minimum atomic E-state index is 0. The highest BCUT2D eigenvalue weighted by molar-refractivity contribution is 14.0. The van der Waals surface area contributed by atoms with Crippen LogP contribution in [0.2, 0.25) is 0 Å². The summed E-state index contributed by atoms with van der Waals surface area (Å²) < 4.78 is 12.8. The lowest BCUT2D eigenvalue weighted by Gasteiger charge is -2.12. The third kappa shape index (κ3) is 10.1. The zero-order valence-corrected chi connectivity index (χ0v) is 18.5. The van der Waals surface area contributed by atoms with Crippen molar-refractivity contribution in [2.24, 2.45) is 4.99 Å². The number of aliphatic imine (C=N–C) groups is 1. The zero-order chi connectivity index (χ0) is 18.5. The molecule has 0 spiro atoms. The number of pyridine rings is 1. The van der Waals surface area contributed by atoms with E-state index >= 15 is 0 Å². The number of aromatic nitrogens is 1. The van der Waals surface area contributed by atoms with Crippen molar-refractivity contribution in [3.8, 4) is 0 Å². The number of guanidine groups is 1. The molecule has 1 unspecified atom stereocenters. The summed E-state index contributed by atoms with van der Waals surface area (Å²) in [5.41, 5.74) is 0.0572. The number of nitrogens with zero attached hydrogens (tertiary/aromatic N) is 2. The molecule has 0 aliphatic carbocycles. The lowest BCUT2D eigenvalue weighted by atomic mass is 10.3. The average Bonchev–Trinajstić information content (AvgIpc) is 3.16. The van der Waals surface area contributed by atoms with Gasteiger partial charge in [0.1, 0.15) is 0 Å². The van der Waals surface area contributed by atoms with E-state index in [4.69, 9.17) is 9.47 Å². The molecule has 1 aromatic rings. The summed E-state index contributed by atoms with van der Waals surface area (Å²) in [6.07, 6.45) is 5.94. The molecular weight excluding hydrogens is 459 g/mol. The van der Waals surface area contributed by atoms with E-state index in [2.05, 4.69) is 22.5 Å². The molecule has 1 aromatic heterocycles. The minimum Gasteiger partial charge on any atom is -0.379 e. The first kappa shape index (κ1) is 23.9. The molecular formula is C19H33IN4O3. The fourth-order valence-corrected chi connectivity index (χ4v) is 2.75. The van der Waals surface area contributed by atoms with Gasteiger partial charge in [-0.05, 0) is 38.7 Å². The molecule has 0 amide bonds. The maximum absolute atomic E-state index is 11.6. The quantitative estimate of drug-likeness (QED) is 0.214. The molecule has 154 valence electrons. The number of hydrogen-bond acceptors (Lipinski definition) is 4. The fraction of sp³-hybridized carbons (Fsp3) is 0.684. The first-order valence-electron chi connectivity index (χ1n) is 9.66. The molecule has 1 aliphatic heterocycles. The van der Waals surface area contributed by atoms with Crippen LogP contribution in [0.3, 0.4) is 0 Å². The van der Waals surface area contributed by atoms with Gasteiger partial charge >= 0.3 is 0 Å². The van der Waals surface area contributed by atoms with Crippen LogP contribution in [0.25, 0.3) is 0 Å². The second-order valence-electron chi connectivity index (χ2n) is 6.34. The molecule has 0 aromatic carbocycles. The zero-order valence-electron chi connectivity index (χ0n) is 16.2. The standard InChI is InChI=1S/C19H32N4O3.HI/c1-2-20-19(22-11-7-14-26-17-9-15-25-16-17)21-10-4-6-13-23-12-5-3-8-18(23)24;/h3,5,8,12,17H,2,4,6-7,9-11,13-16H2,1H3,(H2,20,21,22);1H. The highest BCUT2D eigenvalue weighted by atomic mass is 127. The Labute approximate surface area is 178 Å². The summed E-state index contributed by atoms with van der Waals surface area (Å²) in [5, 5.41) is 6.60. The molecule has 2 rings (SSSR count). The van der Waals surface area contributed by atoms with Crippen LogP contribution in [0.5, 0.6) is 0 Å². The minimum absolute atomic E-state index is 0. The Balaban J connectivity index is 0.00000364. The van der Waals surface area contributed by atoms with Crippen LogP contribution in [0.15, 0.2) is 34.2 Å².